The van der Waals surface area contributed by atoms with Crippen molar-refractivity contribution in [2.24, 2.45) is 0 Å². The minimum Gasteiger partial charge on any atom is -0.493 e. The average molecular weight is 493 g/mol. The zero-order chi connectivity index (χ0) is 24.6. The second-order valence-corrected chi connectivity index (χ2v) is 9.47. The highest BCUT2D eigenvalue weighted by atomic mass is 32.1. The molecule has 2 N–H and O–H groups in total. The second kappa shape index (κ2) is 9.09. The van der Waals surface area contributed by atoms with Crippen molar-refractivity contribution in [3.8, 4) is 23.1 Å². The van der Waals surface area contributed by atoms with E-state index < -0.39 is 17.2 Å². The SMILES string of the molecule is C[C@@]1(C#N)COCc2ccc(C(=O)NCC(=O)Nc3nc(-c4cc(F)c5c(c4)OCC5)cs3)cc21. The molecule has 3 aromatic rings. The van der Waals surface area contributed by atoms with Crippen LogP contribution in [0.3, 0.4) is 0 Å². The van der Waals surface area contributed by atoms with Gasteiger partial charge in [-0.15, -0.1) is 11.3 Å². The standard InChI is InChI=1S/C25H21FN4O4S/c1-25(12-27)13-33-10-15-3-2-14(6-18(15)25)23(32)28-9-22(31)30-24-29-20(11-35-24)16-7-19(26)17-4-5-34-21(17)8-16/h2-3,6-8,11H,4-5,9-10,13H2,1H3,(H,28,32)(H,29,30,31)/t25-/m1/s1. The number of fused-ring (bicyclic) bond motifs is 2. The molecular formula is C25H21FN4O4S. The highest BCUT2D eigenvalue weighted by Crippen LogP contribution is 2.35. The Morgan fingerprint density at radius 1 is 1.31 bits per heavy atom. The molecule has 1 aromatic heterocycles. The monoisotopic (exact) mass is 492 g/mol. The van der Waals surface area contributed by atoms with Crippen LogP contribution in [-0.2, 0) is 28.0 Å². The van der Waals surface area contributed by atoms with Crippen LogP contribution < -0.4 is 15.4 Å². The van der Waals surface area contributed by atoms with Gasteiger partial charge in [-0.3, -0.25) is 9.59 Å². The first kappa shape index (κ1) is 23.0. The number of amides is 2. The maximum Gasteiger partial charge on any atom is 0.251 e. The molecule has 2 aromatic carbocycles. The summed E-state index contributed by atoms with van der Waals surface area (Å²) in [6.07, 6.45) is 0.545. The summed E-state index contributed by atoms with van der Waals surface area (Å²) < 4.78 is 25.2. The van der Waals surface area contributed by atoms with Gasteiger partial charge in [-0.2, -0.15) is 5.26 Å². The van der Waals surface area contributed by atoms with E-state index in [4.69, 9.17) is 9.47 Å². The molecule has 0 saturated carbocycles. The fourth-order valence-corrected chi connectivity index (χ4v) is 4.91. The third-order valence-corrected chi connectivity index (χ3v) is 6.84. The average Bonchev–Trinajstić information content (AvgIpc) is 3.52. The molecule has 2 aliphatic rings. The summed E-state index contributed by atoms with van der Waals surface area (Å²) in [6, 6.07) is 10.5. The van der Waals surface area contributed by atoms with Crippen LogP contribution in [-0.4, -0.2) is 36.6 Å². The number of hydrogen-bond acceptors (Lipinski definition) is 7. The molecule has 35 heavy (non-hydrogen) atoms. The topological polar surface area (TPSA) is 113 Å². The minimum atomic E-state index is -0.836. The number of carbonyl (C=O) groups is 2. The Morgan fingerprint density at radius 3 is 3.00 bits per heavy atom. The Balaban J connectivity index is 1.21. The smallest absolute Gasteiger partial charge is 0.251 e. The van der Waals surface area contributed by atoms with Crippen molar-refractivity contribution >= 4 is 28.3 Å². The molecule has 0 aliphatic carbocycles. The van der Waals surface area contributed by atoms with E-state index in [2.05, 4.69) is 21.7 Å². The molecule has 0 unspecified atom stereocenters. The first-order chi connectivity index (χ1) is 16.9. The van der Waals surface area contributed by atoms with Crippen LogP contribution in [0.15, 0.2) is 35.7 Å². The summed E-state index contributed by atoms with van der Waals surface area (Å²) in [4.78, 5) is 29.4. The summed E-state index contributed by atoms with van der Waals surface area (Å²) in [5.41, 5.74) is 2.80. The van der Waals surface area contributed by atoms with Crippen molar-refractivity contribution in [3.63, 3.8) is 0 Å². The number of aromatic nitrogens is 1. The van der Waals surface area contributed by atoms with Crippen LogP contribution in [0.25, 0.3) is 11.3 Å². The summed E-state index contributed by atoms with van der Waals surface area (Å²) in [5, 5.41) is 16.8. The van der Waals surface area contributed by atoms with E-state index in [-0.39, 0.29) is 19.0 Å². The van der Waals surface area contributed by atoms with E-state index in [1.807, 2.05) is 0 Å². The minimum absolute atomic E-state index is 0.255. The van der Waals surface area contributed by atoms with Gasteiger partial charge in [0.15, 0.2) is 5.13 Å². The number of rotatable bonds is 5. The molecule has 8 nitrogen and oxygen atoms in total. The summed E-state index contributed by atoms with van der Waals surface area (Å²) in [7, 11) is 0. The first-order valence-corrected chi connectivity index (χ1v) is 11.9. The molecule has 2 amide bonds. The van der Waals surface area contributed by atoms with Crippen LogP contribution >= 0.6 is 11.3 Å². The number of ether oxygens (including phenoxy) is 2. The molecule has 3 heterocycles. The molecule has 0 radical (unpaired) electrons. The van der Waals surface area contributed by atoms with Gasteiger partial charge in [-0.1, -0.05) is 6.07 Å². The number of nitriles is 1. The van der Waals surface area contributed by atoms with E-state index in [9.17, 15) is 19.2 Å². The van der Waals surface area contributed by atoms with Crippen molar-refractivity contribution < 1.29 is 23.5 Å². The van der Waals surface area contributed by atoms with Gasteiger partial charge in [0.05, 0.1) is 38.1 Å². The maximum absolute atomic E-state index is 14.3. The second-order valence-electron chi connectivity index (χ2n) is 8.61. The Kier molecular flexibility index (Phi) is 5.96. The number of carbonyl (C=O) groups excluding carboxylic acids is 2. The first-order valence-electron chi connectivity index (χ1n) is 11.0. The fourth-order valence-electron chi connectivity index (χ4n) is 4.18. The number of halogens is 1. The lowest BCUT2D eigenvalue weighted by Crippen LogP contribution is -2.34. The molecule has 0 bridgehead atoms. The van der Waals surface area contributed by atoms with E-state index >= 15 is 0 Å². The number of benzene rings is 2. The number of hydrogen-bond donors (Lipinski definition) is 2. The predicted octanol–water partition coefficient (Wildman–Crippen LogP) is 3.56. The molecule has 10 heteroatoms. The van der Waals surface area contributed by atoms with Gasteiger partial charge in [0.2, 0.25) is 5.91 Å². The van der Waals surface area contributed by atoms with Crippen molar-refractivity contribution in [1.29, 1.82) is 5.26 Å². The summed E-state index contributed by atoms with van der Waals surface area (Å²) in [5.74, 6) is -0.689. The molecule has 0 spiro atoms. The lowest BCUT2D eigenvalue weighted by Gasteiger charge is -2.30. The Hall–Kier alpha value is -3.81. The Bertz CT molecular complexity index is 1380. The van der Waals surface area contributed by atoms with Crippen LogP contribution in [0.1, 0.15) is 34.0 Å². The van der Waals surface area contributed by atoms with Crippen LogP contribution in [0.5, 0.6) is 5.75 Å². The molecule has 0 fully saturated rings. The van der Waals surface area contributed by atoms with Gasteiger partial charge in [-0.25, -0.2) is 9.37 Å². The van der Waals surface area contributed by atoms with Gasteiger partial charge in [-0.05, 0) is 42.3 Å². The van der Waals surface area contributed by atoms with E-state index in [0.717, 1.165) is 11.1 Å². The van der Waals surface area contributed by atoms with Crippen molar-refractivity contribution in [1.82, 2.24) is 10.3 Å². The molecule has 1 atom stereocenters. The number of nitrogens with one attached hydrogen (secondary N) is 2. The Morgan fingerprint density at radius 2 is 2.17 bits per heavy atom. The third-order valence-electron chi connectivity index (χ3n) is 6.08. The van der Waals surface area contributed by atoms with Gasteiger partial charge in [0.25, 0.3) is 5.91 Å². The third kappa shape index (κ3) is 4.48. The van der Waals surface area contributed by atoms with Crippen LogP contribution in [0, 0.1) is 17.1 Å². The summed E-state index contributed by atoms with van der Waals surface area (Å²) >= 11 is 1.20. The summed E-state index contributed by atoms with van der Waals surface area (Å²) in [6.45, 7) is 2.61. The largest absolute Gasteiger partial charge is 0.493 e. The predicted molar refractivity (Wildman–Crippen MR) is 127 cm³/mol. The quantitative estimate of drug-likeness (QED) is 0.563. The van der Waals surface area contributed by atoms with Gasteiger partial charge in [0, 0.05) is 28.5 Å². The van der Waals surface area contributed by atoms with Gasteiger partial charge < -0.3 is 20.1 Å². The molecule has 2 aliphatic heterocycles. The van der Waals surface area contributed by atoms with Crippen molar-refractivity contribution in [2.45, 2.75) is 25.4 Å². The van der Waals surface area contributed by atoms with Crippen molar-refractivity contribution in [3.05, 3.63) is 63.8 Å². The molecule has 178 valence electrons. The van der Waals surface area contributed by atoms with E-state index in [1.54, 1.807) is 36.6 Å². The molecular weight excluding hydrogens is 471 g/mol. The van der Waals surface area contributed by atoms with E-state index in [1.165, 1.54) is 17.4 Å². The zero-order valence-electron chi connectivity index (χ0n) is 18.8. The van der Waals surface area contributed by atoms with Gasteiger partial charge >= 0.3 is 0 Å². The molecule has 5 rings (SSSR count). The van der Waals surface area contributed by atoms with E-state index in [0.29, 0.717) is 52.9 Å². The highest BCUT2D eigenvalue weighted by Gasteiger charge is 2.33. The zero-order valence-corrected chi connectivity index (χ0v) is 19.6. The van der Waals surface area contributed by atoms with Crippen molar-refractivity contribution in [2.75, 3.05) is 25.1 Å². The van der Waals surface area contributed by atoms with Gasteiger partial charge in [0.1, 0.15) is 17.0 Å². The fraction of sp³-hybridized carbons (Fsp3) is 0.280. The number of thiazole rings is 1. The Labute approximate surface area is 204 Å². The molecule has 0 saturated heterocycles. The lowest BCUT2D eigenvalue weighted by atomic mass is 9.79. The normalized spacial score (nSPS) is 18.1. The maximum atomic E-state index is 14.3. The van der Waals surface area contributed by atoms with Crippen LogP contribution in [0.4, 0.5) is 9.52 Å². The number of nitrogens with zero attached hydrogens (tertiary/aromatic N) is 2. The van der Waals surface area contributed by atoms with Crippen LogP contribution in [0.2, 0.25) is 0 Å². The lowest BCUT2D eigenvalue weighted by molar-refractivity contribution is -0.115. The number of anilines is 1. The highest BCUT2D eigenvalue weighted by molar-refractivity contribution is 7.14.